The molecule has 2 N–H and O–H groups in total. The quantitative estimate of drug-likeness (QED) is 0.635. The first-order valence-corrected chi connectivity index (χ1v) is 6.50. The fraction of sp³-hybridized carbons (Fsp3) is 0.769. The molecule has 2 saturated heterocycles. The lowest BCUT2D eigenvalue weighted by Crippen LogP contribution is -2.32. The van der Waals surface area contributed by atoms with Crippen LogP contribution in [0.2, 0.25) is 0 Å². The Kier molecular flexibility index (Phi) is 4.59. The molecule has 2 heterocycles. The Morgan fingerprint density at radius 2 is 2.00 bits per heavy atom. The summed E-state index contributed by atoms with van der Waals surface area (Å²) in [6, 6.07) is 0.245. The normalized spacial score (nSPS) is 28.6. The Morgan fingerprint density at radius 3 is 2.67 bits per heavy atom. The fourth-order valence-corrected chi connectivity index (χ4v) is 2.50. The van der Waals surface area contributed by atoms with Gasteiger partial charge in [-0.15, -0.1) is 0 Å². The lowest BCUT2D eigenvalue weighted by molar-refractivity contribution is -0.133. The van der Waals surface area contributed by atoms with Gasteiger partial charge in [-0.25, -0.2) is 0 Å². The van der Waals surface area contributed by atoms with E-state index in [0.29, 0.717) is 26.1 Å². The number of rotatable bonds is 3. The van der Waals surface area contributed by atoms with E-state index >= 15 is 0 Å². The SMILES string of the molecule is O=C1[C@@H](O)CCN1CC#CCN1CCC[C@H]1CO. The van der Waals surface area contributed by atoms with Gasteiger partial charge in [0, 0.05) is 12.6 Å². The van der Waals surface area contributed by atoms with Crippen molar-refractivity contribution in [3.63, 3.8) is 0 Å². The minimum atomic E-state index is -0.829. The molecule has 0 bridgehead atoms. The number of aliphatic hydroxyl groups is 2. The van der Waals surface area contributed by atoms with E-state index in [4.69, 9.17) is 5.11 Å². The van der Waals surface area contributed by atoms with Crippen molar-refractivity contribution >= 4 is 5.91 Å². The van der Waals surface area contributed by atoms with E-state index in [2.05, 4.69) is 16.7 Å². The van der Waals surface area contributed by atoms with Crippen molar-refractivity contribution in [1.29, 1.82) is 0 Å². The zero-order valence-corrected chi connectivity index (χ0v) is 10.5. The highest BCUT2D eigenvalue weighted by molar-refractivity contribution is 5.82. The molecule has 2 rings (SSSR count). The highest BCUT2D eigenvalue weighted by Crippen LogP contribution is 2.15. The summed E-state index contributed by atoms with van der Waals surface area (Å²) in [5.74, 6) is 5.80. The molecule has 0 spiro atoms. The van der Waals surface area contributed by atoms with Gasteiger partial charge < -0.3 is 15.1 Å². The van der Waals surface area contributed by atoms with Crippen molar-refractivity contribution in [3.8, 4) is 11.8 Å². The van der Waals surface area contributed by atoms with Gasteiger partial charge in [0.2, 0.25) is 0 Å². The topological polar surface area (TPSA) is 64.0 Å². The second-order valence-corrected chi connectivity index (χ2v) is 4.87. The third-order valence-corrected chi connectivity index (χ3v) is 3.66. The van der Waals surface area contributed by atoms with Crippen LogP contribution in [0.5, 0.6) is 0 Å². The van der Waals surface area contributed by atoms with E-state index in [0.717, 1.165) is 19.4 Å². The molecule has 0 aromatic rings. The molecular weight excluding hydrogens is 232 g/mol. The fourth-order valence-electron chi connectivity index (χ4n) is 2.50. The Bertz CT molecular complexity index is 361. The summed E-state index contributed by atoms with van der Waals surface area (Å²) in [5.41, 5.74) is 0. The van der Waals surface area contributed by atoms with Crippen LogP contribution in [-0.4, -0.2) is 70.9 Å². The summed E-state index contributed by atoms with van der Waals surface area (Å²) >= 11 is 0. The van der Waals surface area contributed by atoms with Crippen molar-refractivity contribution in [3.05, 3.63) is 0 Å². The predicted molar refractivity (Wildman–Crippen MR) is 66.7 cm³/mol. The minimum absolute atomic E-state index is 0.193. The van der Waals surface area contributed by atoms with Crippen molar-refractivity contribution in [2.45, 2.75) is 31.4 Å². The highest BCUT2D eigenvalue weighted by Gasteiger charge is 2.28. The molecule has 18 heavy (non-hydrogen) atoms. The Hall–Kier alpha value is -1.09. The molecular formula is C13H20N2O3. The van der Waals surface area contributed by atoms with Crippen LogP contribution >= 0.6 is 0 Å². The third-order valence-electron chi connectivity index (χ3n) is 3.66. The van der Waals surface area contributed by atoms with Crippen LogP contribution in [0, 0.1) is 11.8 Å². The molecule has 100 valence electrons. The van der Waals surface area contributed by atoms with Crippen LogP contribution < -0.4 is 0 Å². The van der Waals surface area contributed by atoms with Gasteiger partial charge in [0.1, 0.15) is 6.10 Å². The summed E-state index contributed by atoms with van der Waals surface area (Å²) in [6.45, 7) is 2.82. The van der Waals surface area contributed by atoms with E-state index in [9.17, 15) is 9.90 Å². The number of amides is 1. The first-order valence-electron chi connectivity index (χ1n) is 6.50. The summed E-state index contributed by atoms with van der Waals surface area (Å²) in [7, 11) is 0. The van der Waals surface area contributed by atoms with E-state index < -0.39 is 6.10 Å². The second kappa shape index (κ2) is 6.19. The largest absolute Gasteiger partial charge is 0.395 e. The van der Waals surface area contributed by atoms with Gasteiger partial charge in [0.05, 0.1) is 19.7 Å². The molecule has 0 unspecified atom stereocenters. The number of nitrogens with zero attached hydrogens (tertiary/aromatic N) is 2. The van der Waals surface area contributed by atoms with Crippen molar-refractivity contribution < 1.29 is 15.0 Å². The van der Waals surface area contributed by atoms with E-state index in [1.807, 2.05) is 0 Å². The van der Waals surface area contributed by atoms with Crippen molar-refractivity contribution in [1.82, 2.24) is 9.80 Å². The van der Waals surface area contributed by atoms with Crippen molar-refractivity contribution in [2.75, 3.05) is 32.8 Å². The summed E-state index contributed by atoms with van der Waals surface area (Å²) in [4.78, 5) is 15.2. The molecule has 2 aliphatic heterocycles. The zero-order valence-electron chi connectivity index (χ0n) is 10.5. The van der Waals surface area contributed by atoms with Gasteiger partial charge >= 0.3 is 0 Å². The van der Waals surface area contributed by atoms with Gasteiger partial charge in [-0.3, -0.25) is 9.69 Å². The summed E-state index contributed by atoms with van der Waals surface area (Å²) in [6.07, 6.45) is 1.84. The summed E-state index contributed by atoms with van der Waals surface area (Å²) < 4.78 is 0. The lowest BCUT2D eigenvalue weighted by Gasteiger charge is -2.19. The van der Waals surface area contributed by atoms with Crippen LogP contribution in [-0.2, 0) is 4.79 Å². The van der Waals surface area contributed by atoms with Crippen LogP contribution in [0.1, 0.15) is 19.3 Å². The standard InChI is InChI=1S/C13H20N2O3/c16-10-11-4-3-8-14(11)6-1-2-7-15-9-5-12(17)13(15)18/h11-12,16-17H,3-10H2/t11-,12-/m0/s1. The molecule has 0 saturated carbocycles. The monoisotopic (exact) mass is 252 g/mol. The number of likely N-dealkylation sites (tertiary alicyclic amines) is 2. The highest BCUT2D eigenvalue weighted by atomic mass is 16.3. The zero-order chi connectivity index (χ0) is 13.0. The molecule has 0 aliphatic carbocycles. The first-order chi connectivity index (χ1) is 8.72. The average Bonchev–Trinajstić information content (AvgIpc) is 2.95. The Morgan fingerprint density at radius 1 is 1.22 bits per heavy atom. The molecule has 0 radical (unpaired) electrons. The molecule has 0 aromatic carbocycles. The molecule has 0 aromatic heterocycles. The number of hydrogen-bond acceptors (Lipinski definition) is 4. The van der Waals surface area contributed by atoms with Gasteiger partial charge in [0.15, 0.2) is 0 Å². The van der Waals surface area contributed by atoms with Crippen LogP contribution in [0.25, 0.3) is 0 Å². The van der Waals surface area contributed by atoms with Crippen LogP contribution in [0.4, 0.5) is 0 Å². The van der Waals surface area contributed by atoms with E-state index in [1.54, 1.807) is 4.90 Å². The minimum Gasteiger partial charge on any atom is -0.395 e. The molecule has 2 aliphatic rings. The van der Waals surface area contributed by atoms with Crippen LogP contribution in [0.3, 0.4) is 0 Å². The third kappa shape index (κ3) is 3.02. The smallest absolute Gasteiger partial charge is 0.252 e. The van der Waals surface area contributed by atoms with Gasteiger partial charge in [-0.2, -0.15) is 0 Å². The maximum Gasteiger partial charge on any atom is 0.252 e. The molecule has 1 amide bonds. The molecule has 2 atom stereocenters. The average molecular weight is 252 g/mol. The number of hydrogen-bond donors (Lipinski definition) is 2. The van der Waals surface area contributed by atoms with Crippen LogP contribution in [0.15, 0.2) is 0 Å². The van der Waals surface area contributed by atoms with Gasteiger partial charge in [-0.05, 0) is 25.8 Å². The van der Waals surface area contributed by atoms with Crippen molar-refractivity contribution in [2.24, 2.45) is 0 Å². The maximum atomic E-state index is 11.4. The Balaban J connectivity index is 1.74. The predicted octanol–water partition coefficient (Wildman–Crippen LogP) is -0.960. The molecule has 2 fully saturated rings. The molecule has 5 heteroatoms. The lowest BCUT2D eigenvalue weighted by atomic mass is 10.2. The maximum absolute atomic E-state index is 11.4. The van der Waals surface area contributed by atoms with Gasteiger partial charge in [-0.1, -0.05) is 11.8 Å². The number of aliphatic hydroxyl groups excluding tert-OH is 2. The van der Waals surface area contributed by atoms with E-state index in [-0.39, 0.29) is 18.6 Å². The first kappa shape index (κ1) is 13.3. The Labute approximate surface area is 107 Å². The summed E-state index contributed by atoms with van der Waals surface area (Å²) in [5, 5.41) is 18.4. The molecule has 5 nitrogen and oxygen atoms in total. The van der Waals surface area contributed by atoms with E-state index in [1.165, 1.54) is 0 Å². The number of carbonyl (C=O) groups is 1. The second-order valence-electron chi connectivity index (χ2n) is 4.87. The van der Waals surface area contributed by atoms with Gasteiger partial charge in [0.25, 0.3) is 5.91 Å². The number of carbonyl (C=O) groups excluding carboxylic acids is 1.